The maximum absolute atomic E-state index is 8.29. The average Bonchev–Trinajstić information content (AvgIpc) is 2.35. The van der Waals surface area contributed by atoms with E-state index in [4.69, 9.17) is 5.26 Å². The third-order valence-electron chi connectivity index (χ3n) is 2.63. The Morgan fingerprint density at radius 2 is 1.38 bits per heavy atom. The maximum atomic E-state index is 8.29. The number of nitrogens with zero attached hydrogens (tertiary/aromatic N) is 3. The summed E-state index contributed by atoms with van der Waals surface area (Å²) in [6.07, 6.45) is 0. The van der Waals surface area contributed by atoms with Crippen LogP contribution in [-0.4, -0.2) is 50.1 Å². The standard InChI is InChI=1S/C7H5N.C6H14N2/c8-6-7-4-2-1-3-5-7;1-7-3-5-8(2)6-4-7/h1-5H;3-6H2,1-2H3. The monoisotopic (exact) mass is 217 g/mol. The molecule has 1 aromatic rings. The Kier molecular flexibility index (Phi) is 5.55. The second kappa shape index (κ2) is 7.00. The molecule has 0 aromatic heterocycles. The molecule has 0 spiro atoms. The lowest BCUT2D eigenvalue weighted by Crippen LogP contribution is -2.42. The van der Waals surface area contributed by atoms with Gasteiger partial charge in [-0.05, 0) is 26.2 Å². The predicted octanol–water partition coefficient (Wildman–Crippen LogP) is 1.42. The molecule has 1 saturated heterocycles. The van der Waals surface area contributed by atoms with Crippen molar-refractivity contribution >= 4 is 0 Å². The van der Waals surface area contributed by atoms with Gasteiger partial charge < -0.3 is 9.80 Å². The smallest absolute Gasteiger partial charge is 0.0991 e. The summed E-state index contributed by atoms with van der Waals surface area (Å²) in [6.45, 7) is 4.93. The molecule has 0 atom stereocenters. The van der Waals surface area contributed by atoms with E-state index < -0.39 is 0 Å². The number of piperazine rings is 1. The van der Waals surface area contributed by atoms with Crippen molar-refractivity contribution in [2.45, 2.75) is 0 Å². The summed E-state index contributed by atoms with van der Waals surface area (Å²) in [6, 6.07) is 11.2. The van der Waals surface area contributed by atoms with Crippen LogP contribution in [0.15, 0.2) is 30.3 Å². The number of nitriles is 1. The Balaban J connectivity index is 0.000000160. The van der Waals surface area contributed by atoms with Crippen molar-refractivity contribution in [3.05, 3.63) is 35.9 Å². The van der Waals surface area contributed by atoms with E-state index in [0.717, 1.165) is 0 Å². The molecule has 0 N–H and O–H groups in total. The zero-order valence-corrected chi connectivity index (χ0v) is 10.1. The van der Waals surface area contributed by atoms with Crippen molar-refractivity contribution in [1.82, 2.24) is 9.80 Å². The second-order valence-electron chi connectivity index (χ2n) is 4.08. The van der Waals surface area contributed by atoms with Gasteiger partial charge in [-0.1, -0.05) is 18.2 Å². The Bertz CT molecular complexity index is 311. The highest BCUT2D eigenvalue weighted by Crippen LogP contribution is 1.93. The van der Waals surface area contributed by atoms with Gasteiger partial charge in [0.05, 0.1) is 11.6 Å². The molecule has 3 heteroatoms. The van der Waals surface area contributed by atoms with Gasteiger partial charge in [-0.3, -0.25) is 0 Å². The first-order valence-corrected chi connectivity index (χ1v) is 5.54. The minimum Gasteiger partial charge on any atom is -0.304 e. The van der Waals surface area contributed by atoms with Crippen LogP contribution in [0.3, 0.4) is 0 Å². The van der Waals surface area contributed by atoms with Crippen LogP contribution in [0, 0.1) is 11.3 Å². The van der Waals surface area contributed by atoms with Crippen molar-refractivity contribution in [2.75, 3.05) is 40.3 Å². The van der Waals surface area contributed by atoms with Crippen LogP contribution in [0.2, 0.25) is 0 Å². The number of rotatable bonds is 0. The van der Waals surface area contributed by atoms with Crippen molar-refractivity contribution in [2.24, 2.45) is 0 Å². The third kappa shape index (κ3) is 4.92. The Morgan fingerprint density at radius 1 is 0.938 bits per heavy atom. The highest BCUT2D eigenvalue weighted by atomic mass is 15.2. The number of benzene rings is 1. The van der Waals surface area contributed by atoms with Crippen LogP contribution in [0.5, 0.6) is 0 Å². The molecule has 1 aliphatic rings. The van der Waals surface area contributed by atoms with Crippen LogP contribution in [0.4, 0.5) is 0 Å². The quantitative estimate of drug-likeness (QED) is 0.658. The second-order valence-corrected chi connectivity index (χ2v) is 4.08. The average molecular weight is 217 g/mol. The summed E-state index contributed by atoms with van der Waals surface area (Å²) < 4.78 is 0. The van der Waals surface area contributed by atoms with Crippen LogP contribution in [0.25, 0.3) is 0 Å². The molecule has 0 saturated carbocycles. The molecule has 2 rings (SSSR count). The van der Waals surface area contributed by atoms with Crippen LogP contribution in [0.1, 0.15) is 5.56 Å². The number of hydrogen-bond donors (Lipinski definition) is 0. The zero-order chi connectivity index (χ0) is 11.8. The lowest BCUT2D eigenvalue weighted by atomic mass is 10.2. The van der Waals surface area contributed by atoms with Crippen molar-refractivity contribution < 1.29 is 0 Å². The van der Waals surface area contributed by atoms with Gasteiger partial charge in [0, 0.05) is 26.2 Å². The summed E-state index contributed by atoms with van der Waals surface area (Å²) in [4.78, 5) is 4.72. The van der Waals surface area contributed by atoms with Gasteiger partial charge in [0.15, 0.2) is 0 Å². The molecule has 0 bridgehead atoms. The highest BCUT2D eigenvalue weighted by Gasteiger charge is 2.07. The predicted molar refractivity (Wildman–Crippen MR) is 66.2 cm³/mol. The van der Waals surface area contributed by atoms with Gasteiger partial charge >= 0.3 is 0 Å². The summed E-state index contributed by atoms with van der Waals surface area (Å²) in [5, 5.41) is 8.29. The minimum absolute atomic E-state index is 0.715. The van der Waals surface area contributed by atoms with Crippen molar-refractivity contribution in [3.8, 4) is 6.07 Å². The molecule has 86 valence electrons. The molecule has 0 aliphatic carbocycles. The molecule has 3 nitrogen and oxygen atoms in total. The van der Waals surface area contributed by atoms with E-state index in [1.165, 1.54) is 26.2 Å². The van der Waals surface area contributed by atoms with E-state index in [9.17, 15) is 0 Å². The van der Waals surface area contributed by atoms with E-state index >= 15 is 0 Å². The van der Waals surface area contributed by atoms with Crippen molar-refractivity contribution in [1.29, 1.82) is 5.26 Å². The first-order chi connectivity index (χ1) is 7.72. The Hall–Kier alpha value is -1.37. The zero-order valence-electron chi connectivity index (χ0n) is 10.1. The van der Waals surface area contributed by atoms with Crippen LogP contribution < -0.4 is 0 Å². The van der Waals surface area contributed by atoms with E-state index in [2.05, 4.69) is 23.9 Å². The molecular weight excluding hydrogens is 198 g/mol. The first-order valence-electron chi connectivity index (χ1n) is 5.54. The fourth-order valence-electron chi connectivity index (χ4n) is 1.42. The molecule has 1 fully saturated rings. The number of likely N-dealkylation sites (N-methyl/N-ethyl adjacent to an activating group) is 2. The summed E-state index contributed by atoms with van der Waals surface area (Å²) >= 11 is 0. The Morgan fingerprint density at radius 3 is 1.69 bits per heavy atom. The molecule has 1 aromatic carbocycles. The van der Waals surface area contributed by atoms with Gasteiger partial charge in [-0.25, -0.2) is 0 Å². The highest BCUT2D eigenvalue weighted by molar-refractivity contribution is 5.27. The molecular formula is C13H19N3. The molecule has 1 aliphatic heterocycles. The lowest BCUT2D eigenvalue weighted by Gasteiger charge is -2.28. The topological polar surface area (TPSA) is 30.3 Å². The summed E-state index contributed by atoms with van der Waals surface area (Å²) in [5.41, 5.74) is 0.715. The minimum atomic E-state index is 0.715. The van der Waals surface area contributed by atoms with Gasteiger partial charge in [-0.15, -0.1) is 0 Å². The molecule has 0 unspecified atom stereocenters. The number of hydrogen-bond acceptors (Lipinski definition) is 3. The van der Waals surface area contributed by atoms with E-state index in [-0.39, 0.29) is 0 Å². The SMILES string of the molecule is CN1CCN(C)CC1.N#Cc1ccccc1. The van der Waals surface area contributed by atoms with Gasteiger partial charge in [0.25, 0.3) is 0 Å². The fourth-order valence-corrected chi connectivity index (χ4v) is 1.42. The molecule has 1 heterocycles. The van der Waals surface area contributed by atoms with E-state index in [0.29, 0.717) is 5.56 Å². The largest absolute Gasteiger partial charge is 0.304 e. The normalized spacial score (nSPS) is 17.1. The molecule has 0 radical (unpaired) electrons. The van der Waals surface area contributed by atoms with E-state index in [1.54, 1.807) is 12.1 Å². The van der Waals surface area contributed by atoms with E-state index in [1.807, 2.05) is 24.3 Å². The lowest BCUT2D eigenvalue weighted by molar-refractivity contribution is 0.181. The van der Waals surface area contributed by atoms with Crippen LogP contribution in [-0.2, 0) is 0 Å². The molecule has 16 heavy (non-hydrogen) atoms. The fraction of sp³-hybridized carbons (Fsp3) is 0.462. The molecule has 0 amide bonds. The third-order valence-corrected chi connectivity index (χ3v) is 2.63. The van der Waals surface area contributed by atoms with Gasteiger partial charge in [0.2, 0.25) is 0 Å². The first kappa shape index (κ1) is 12.7. The Labute approximate surface area is 97.9 Å². The summed E-state index contributed by atoms with van der Waals surface area (Å²) in [5.74, 6) is 0. The van der Waals surface area contributed by atoms with Crippen molar-refractivity contribution in [3.63, 3.8) is 0 Å². The summed E-state index contributed by atoms with van der Waals surface area (Å²) in [7, 11) is 4.35. The van der Waals surface area contributed by atoms with Crippen LogP contribution >= 0.6 is 0 Å². The van der Waals surface area contributed by atoms with Gasteiger partial charge in [-0.2, -0.15) is 5.26 Å². The maximum Gasteiger partial charge on any atom is 0.0991 e. The van der Waals surface area contributed by atoms with Gasteiger partial charge in [0.1, 0.15) is 0 Å².